The Bertz CT molecular complexity index is 712. The maximum atomic E-state index is 10.5. The lowest BCUT2D eigenvalue weighted by molar-refractivity contribution is 0.220. The molecule has 0 fully saturated rings. The predicted octanol–water partition coefficient (Wildman–Crippen LogP) is 5.00. The van der Waals surface area contributed by atoms with E-state index in [1.165, 1.54) is 11.1 Å². The number of benzene rings is 3. The number of aryl methyl sites for hydroxylation is 1. The molecular weight excluding hydrogens is 268 g/mol. The summed E-state index contributed by atoms with van der Waals surface area (Å²) in [6, 6.07) is 26.6. The van der Waals surface area contributed by atoms with Gasteiger partial charge in [-0.2, -0.15) is 0 Å². The van der Waals surface area contributed by atoms with E-state index in [1.54, 1.807) is 0 Å². The normalized spacial score (nSPS) is 12.1. The first-order valence-electron chi connectivity index (χ1n) is 7.70. The molecule has 0 radical (unpaired) electrons. The summed E-state index contributed by atoms with van der Waals surface area (Å²) in [5, 5.41) is 10.5. The number of aliphatic hydroxyl groups is 1. The summed E-state index contributed by atoms with van der Waals surface area (Å²) in [6.45, 7) is 2.13. The third-order valence-electron chi connectivity index (χ3n) is 4.04. The first-order valence-corrected chi connectivity index (χ1v) is 7.70. The van der Waals surface area contributed by atoms with Crippen molar-refractivity contribution >= 4 is 0 Å². The molecule has 1 nitrogen and oxygen atoms in total. The molecule has 0 unspecified atom stereocenters. The van der Waals surface area contributed by atoms with E-state index < -0.39 is 6.10 Å². The van der Waals surface area contributed by atoms with Gasteiger partial charge in [0.1, 0.15) is 6.10 Å². The van der Waals surface area contributed by atoms with Gasteiger partial charge in [-0.05, 0) is 34.2 Å². The van der Waals surface area contributed by atoms with Crippen molar-refractivity contribution in [2.75, 3.05) is 0 Å². The molecule has 1 atom stereocenters. The molecule has 0 aromatic heterocycles. The van der Waals surface area contributed by atoms with Crippen LogP contribution in [0.2, 0.25) is 0 Å². The number of aliphatic hydroxyl groups excluding tert-OH is 1. The van der Waals surface area contributed by atoms with Gasteiger partial charge in [-0.15, -0.1) is 0 Å². The summed E-state index contributed by atoms with van der Waals surface area (Å²) in [5.74, 6) is 0. The monoisotopic (exact) mass is 288 g/mol. The van der Waals surface area contributed by atoms with Crippen molar-refractivity contribution in [3.05, 3.63) is 95.6 Å². The fourth-order valence-electron chi connectivity index (χ4n) is 2.62. The molecule has 3 aromatic rings. The summed E-state index contributed by atoms with van der Waals surface area (Å²) in [7, 11) is 0. The van der Waals surface area contributed by atoms with E-state index >= 15 is 0 Å². The lowest BCUT2D eigenvalue weighted by atomic mass is 9.97. The quantitative estimate of drug-likeness (QED) is 0.716. The smallest absolute Gasteiger partial charge is 0.104 e. The van der Waals surface area contributed by atoms with Crippen LogP contribution in [0.1, 0.15) is 29.7 Å². The fourth-order valence-corrected chi connectivity index (χ4v) is 2.62. The standard InChI is InChI=1S/C21H20O/c1-2-16-8-10-19(11-9-16)21(22)20-14-12-18(13-15-20)17-6-4-3-5-7-17/h3-15,21-22H,2H2,1H3/t21-/m0/s1. The molecule has 0 aliphatic heterocycles. The maximum Gasteiger partial charge on any atom is 0.104 e. The third-order valence-corrected chi connectivity index (χ3v) is 4.04. The van der Waals surface area contributed by atoms with E-state index in [9.17, 15) is 5.11 Å². The minimum absolute atomic E-state index is 0.573. The largest absolute Gasteiger partial charge is 0.384 e. The zero-order valence-corrected chi connectivity index (χ0v) is 12.7. The van der Waals surface area contributed by atoms with Crippen molar-refractivity contribution < 1.29 is 5.11 Å². The minimum Gasteiger partial charge on any atom is -0.384 e. The average Bonchev–Trinajstić information content (AvgIpc) is 2.62. The first-order chi connectivity index (χ1) is 10.8. The second-order valence-electron chi connectivity index (χ2n) is 5.49. The molecular formula is C21H20O. The highest BCUT2D eigenvalue weighted by Gasteiger charge is 2.10. The molecule has 0 bridgehead atoms. The van der Waals surface area contributed by atoms with Crippen LogP contribution >= 0.6 is 0 Å². The molecule has 0 aliphatic rings. The molecule has 1 heteroatoms. The number of hydrogen-bond acceptors (Lipinski definition) is 1. The van der Waals surface area contributed by atoms with E-state index in [4.69, 9.17) is 0 Å². The van der Waals surface area contributed by atoms with Gasteiger partial charge >= 0.3 is 0 Å². The molecule has 0 aliphatic carbocycles. The Kier molecular flexibility index (Phi) is 4.36. The van der Waals surface area contributed by atoms with Gasteiger partial charge in [0.05, 0.1) is 0 Å². The zero-order valence-electron chi connectivity index (χ0n) is 12.7. The Morgan fingerprint density at radius 1 is 0.682 bits per heavy atom. The summed E-state index contributed by atoms with van der Waals surface area (Å²) < 4.78 is 0. The SMILES string of the molecule is CCc1ccc([C@H](O)c2ccc(-c3ccccc3)cc2)cc1. The van der Waals surface area contributed by atoms with Crippen LogP contribution in [-0.2, 0) is 6.42 Å². The van der Waals surface area contributed by atoms with Gasteiger partial charge in [0, 0.05) is 0 Å². The van der Waals surface area contributed by atoms with Crippen LogP contribution in [0.5, 0.6) is 0 Å². The van der Waals surface area contributed by atoms with Gasteiger partial charge < -0.3 is 5.11 Å². The van der Waals surface area contributed by atoms with Crippen LogP contribution < -0.4 is 0 Å². The summed E-state index contributed by atoms with van der Waals surface area (Å²) >= 11 is 0. The van der Waals surface area contributed by atoms with Gasteiger partial charge in [0.15, 0.2) is 0 Å². The van der Waals surface area contributed by atoms with Crippen molar-refractivity contribution in [1.82, 2.24) is 0 Å². The highest BCUT2D eigenvalue weighted by molar-refractivity contribution is 5.63. The second kappa shape index (κ2) is 6.59. The fraction of sp³-hybridized carbons (Fsp3) is 0.143. The lowest BCUT2D eigenvalue weighted by Gasteiger charge is -2.13. The van der Waals surface area contributed by atoms with E-state index in [2.05, 4.69) is 43.3 Å². The van der Waals surface area contributed by atoms with Gasteiger partial charge in [-0.1, -0.05) is 85.8 Å². The summed E-state index contributed by atoms with van der Waals surface area (Å²) in [5.41, 5.74) is 5.50. The van der Waals surface area contributed by atoms with Crippen LogP contribution in [0, 0.1) is 0 Å². The summed E-state index contributed by atoms with van der Waals surface area (Å²) in [6.07, 6.45) is 0.443. The lowest BCUT2D eigenvalue weighted by Crippen LogP contribution is -1.99. The minimum atomic E-state index is -0.573. The topological polar surface area (TPSA) is 20.2 Å². The van der Waals surface area contributed by atoms with Crippen molar-refractivity contribution in [3.63, 3.8) is 0 Å². The van der Waals surface area contributed by atoms with Crippen LogP contribution in [0.15, 0.2) is 78.9 Å². The van der Waals surface area contributed by atoms with Crippen molar-refractivity contribution in [2.24, 2.45) is 0 Å². The molecule has 1 N–H and O–H groups in total. The molecule has 3 aromatic carbocycles. The van der Waals surface area contributed by atoms with Gasteiger partial charge in [0.25, 0.3) is 0 Å². The highest BCUT2D eigenvalue weighted by Crippen LogP contribution is 2.25. The molecule has 0 amide bonds. The Morgan fingerprint density at radius 2 is 1.18 bits per heavy atom. The van der Waals surface area contributed by atoms with Crippen molar-refractivity contribution in [2.45, 2.75) is 19.4 Å². The van der Waals surface area contributed by atoms with E-state index in [-0.39, 0.29) is 0 Å². The van der Waals surface area contributed by atoms with E-state index in [0.717, 1.165) is 23.1 Å². The number of rotatable bonds is 4. The maximum absolute atomic E-state index is 10.5. The van der Waals surface area contributed by atoms with Crippen LogP contribution in [-0.4, -0.2) is 5.11 Å². The Hall–Kier alpha value is -2.38. The zero-order chi connectivity index (χ0) is 15.4. The van der Waals surface area contributed by atoms with E-state index in [0.29, 0.717) is 0 Å². The molecule has 3 rings (SSSR count). The molecule has 0 saturated heterocycles. The Labute approximate surface area is 131 Å². The van der Waals surface area contributed by atoms with Crippen molar-refractivity contribution in [3.8, 4) is 11.1 Å². The Balaban J connectivity index is 1.82. The first kappa shape index (κ1) is 14.6. The van der Waals surface area contributed by atoms with Crippen molar-refractivity contribution in [1.29, 1.82) is 0 Å². The molecule has 0 spiro atoms. The van der Waals surface area contributed by atoms with Crippen LogP contribution in [0.4, 0.5) is 0 Å². The van der Waals surface area contributed by atoms with Crippen LogP contribution in [0.25, 0.3) is 11.1 Å². The highest BCUT2D eigenvalue weighted by atomic mass is 16.3. The predicted molar refractivity (Wildman–Crippen MR) is 91.8 cm³/mol. The van der Waals surface area contributed by atoms with Gasteiger partial charge in [-0.3, -0.25) is 0 Å². The average molecular weight is 288 g/mol. The molecule has 0 saturated carbocycles. The number of hydrogen-bond donors (Lipinski definition) is 1. The molecule has 22 heavy (non-hydrogen) atoms. The Morgan fingerprint density at radius 3 is 1.73 bits per heavy atom. The summed E-state index contributed by atoms with van der Waals surface area (Å²) in [4.78, 5) is 0. The van der Waals surface area contributed by atoms with E-state index in [1.807, 2.05) is 42.5 Å². The van der Waals surface area contributed by atoms with Gasteiger partial charge in [-0.25, -0.2) is 0 Å². The molecule has 0 heterocycles. The van der Waals surface area contributed by atoms with Crippen LogP contribution in [0.3, 0.4) is 0 Å². The third kappa shape index (κ3) is 3.10. The second-order valence-corrected chi connectivity index (χ2v) is 5.49. The van der Waals surface area contributed by atoms with Gasteiger partial charge in [0.2, 0.25) is 0 Å². The molecule has 110 valence electrons.